The molecule has 0 spiro atoms. The lowest BCUT2D eigenvalue weighted by molar-refractivity contribution is 0.589. The first-order valence-electron chi connectivity index (χ1n) is 5.89. The second kappa shape index (κ2) is 5.16. The minimum absolute atomic E-state index is 1.02. The van der Waals surface area contributed by atoms with E-state index in [-0.39, 0.29) is 0 Å². The summed E-state index contributed by atoms with van der Waals surface area (Å²) in [5.41, 5.74) is 0. The monoisotopic (exact) mass is 208 g/mol. The predicted molar refractivity (Wildman–Crippen MR) is 62.2 cm³/mol. The van der Waals surface area contributed by atoms with E-state index in [1.165, 1.54) is 12.2 Å². The molecule has 0 aliphatic carbocycles. The second-order valence-electron chi connectivity index (χ2n) is 4.00. The number of hydrogen-bond acceptors (Lipinski definition) is 3. The zero-order chi connectivity index (χ0) is 10.5. The highest BCUT2D eigenvalue weighted by Gasteiger charge is 2.12. The zero-order valence-corrected chi connectivity index (χ0v) is 9.45. The van der Waals surface area contributed by atoms with Crippen molar-refractivity contribution < 1.29 is 0 Å². The molecule has 2 heterocycles. The van der Waals surface area contributed by atoms with Crippen LogP contribution in [0.25, 0.3) is 0 Å². The van der Waals surface area contributed by atoms with E-state index in [1.54, 1.807) is 0 Å². The minimum atomic E-state index is 1.02. The van der Waals surface area contributed by atoms with E-state index in [0.29, 0.717) is 0 Å². The molecule has 0 radical (unpaired) electrons. The molecule has 0 atom stereocenters. The first-order chi connectivity index (χ1) is 7.42. The maximum Gasteiger partial charge on any atom is 0.126 e. The van der Waals surface area contributed by atoms with Crippen molar-refractivity contribution in [3.63, 3.8) is 0 Å². The SMILES string of the molecule is CCCn1nccc1N1CCCNCC1. The highest BCUT2D eigenvalue weighted by molar-refractivity contribution is 5.38. The van der Waals surface area contributed by atoms with Gasteiger partial charge in [-0.2, -0.15) is 5.10 Å². The summed E-state index contributed by atoms with van der Waals surface area (Å²) in [5.74, 6) is 1.28. The maximum atomic E-state index is 4.37. The fourth-order valence-corrected chi connectivity index (χ4v) is 2.05. The third-order valence-electron chi connectivity index (χ3n) is 2.79. The fourth-order valence-electron chi connectivity index (χ4n) is 2.05. The Morgan fingerprint density at radius 3 is 3.20 bits per heavy atom. The molecule has 1 aromatic rings. The summed E-state index contributed by atoms with van der Waals surface area (Å²) < 4.78 is 2.12. The lowest BCUT2D eigenvalue weighted by atomic mass is 10.4. The van der Waals surface area contributed by atoms with Crippen molar-refractivity contribution in [2.45, 2.75) is 26.3 Å². The molecule has 0 amide bonds. The molecule has 1 N–H and O–H groups in total. The third-order valence-corrected chi connectivity index (χ3v) is 2.79. The van der Waals surface area contributed by atoms with E-state index in [9.17, 15) is 0 Å². The van der Waals surface area contributed by atoms with E-state index in [0.717, 1.165) is 39.1 Å². The predicted octanol–water partition coefficient (Wildman–Crippen LogP) is 1.09. The Bertz CT molecular complexity index is 287. The smallest absolute Gasteiger partial charge is 0.126 e. The number of rotatable bonds is 3. The molecule has 1 aliphatic rings. The highest BCUT2D eigenvalue weighted by atomic mass is 15.4. The van der Waals surface area contributed by atoms with Gasteiger partial charge in [0.1, 0.15) is 5.82 Å². The van der Waals surface area contributed by atoms with Crippen LogP contribution in [0.3, 0.4) is 0 Å². The Balaban J connectivity index is 2.08. The molecule has 1 fully saturated rings. The van der Waals surface area contributed by atoms with Crippen LogP contribution in [0.1, 0.15) is 19.8 Å². The van der Waals surface area contributed by atoms with Gasteiger partial charge in [0.05, 0.1) is 6.20 Å². The number of anilines is 1. The van der Waals surface area contributed by atoms with Crippen LogP contribution in [0.4, 0.5) is 5.82 Å². The Kier molecular flexibility index (Phi) is 3.61. The van der Waals surface area contributed by atoms with Crippen LogP contribution in [0.15, 0.2) is 12.3 Å². The standard InChI is InChI=1S/C11H20N4/c1-2-8-15-11(4-6-13-15)14-9-3-5-12-7-10-14/h4,6,12H,2-3,5,7-10H2,1H3. The number of nitrogens with zero attached hydrogens (tertiary/aromatic N) is 3. The van der Waals surface area contributed by atoms with Crippen molar-refractivity contribution in [3.8, 4) is 0 Å². The fraction of sp³-hybridized carbons (Fsp3) is 0.727. The first-order valence-corrected chi connectivity index (χ1v) is 5.89. The van der Waals surface area contributed by atoms with Gasteiger partial charge < -0.3 is 10.2 Å². The maximum absolute atomic E-state index is 4.37. The number of aromatic nitrogens is 2. The number of nitrogens with one attached hydrogen (secondary N) is 1. The van der Waals surface area contributed by atoms with Gasteiger partial charge in [-0.05, 0) is 19.4 Å². The molecule has 0 aromatic carbocycles. The Morgan fingerprint density at radius 2 is 2.33 bits per heavy atom. The molecular weight excluding hydrogens is 188 g/mol. The van der Waals surface area contributed by atoms with Crippen LogP contribution in [0.5, 0.6) is 0 Å². The van der Waals surface area contributed by atoms with Crippen molar-refractivity contribution in [2.24, 2.45) is 0 Å². The van der Waals surface area contributed by atoms with Crippen LogP contribution in [-0.4, -0.2) is 36.0 Å². The van der Waals surface area contributed by atoms with Crippen LogP contribution in [0.2, 0.25) is 0 Å². The summed E-state index contributed by atoms with van der Waals surface area (Å²) in [6.45, 7) is 7.66. The van der Waals surface area contributed by atoms with Crippen molar-refractivity contribution >= 4 is 5.82 Å². The van der Waals surface area contributed by atoms with Gasteiger partial charge in [0.2, 0.25) is 0 Å². The van der Waals surface area contributed by atoms with Crippen LogP contribution < -0.4 is 10.2 Å². The van der Waals surface area contributed by atoms with E-state index in [2.05, 4.69) is 33.0 Å². The lowest BCUT2D eigenvalue weighted by Crippen LogP contribution is -2.29. The van der Waals surface area contributed by atoms with Crippen molar-refractivity contribution in [1.82, 2.24) is 15.1 Å². The minimum Gasteiger partial charge on any atom is -0.356 e. The van der Waals surface area contributed by atoms with Crippen molar-refractivity contribution in [3.05, 3.63) is 12.3 Å². The van der Waals surface area contributed by atoms with Gasteiger partial charge in [-0.3, -0.25) is 0 Å². The normalized spacial score (nSPS) is 17.8. The quantitative estimate of drug-likeness (QED) is 0.807. The van der Waals surface area contributed by atoms with Gasteiger partial charge in [0.25, 0.3) is 0 Å². The van der Waals surface area contributed by atoms with Crippen LogP contribution in [-0.2, 0) is 6.54 Å². The molecule has 0 bridgehead atoms. The average molecular weight is 208 g/mol. The van der Waals surface area contributed by atoms with Gasteiger partial charge >= 0.3 is 0 Å². The first kappa shape index (κ1) is 10.5. The molecule has 1 aliphatic heterocycles. The third kappa shape index (κ3) is 2.50. The molecule has 2 rings (SSSR count). The van der Waals surface area contributed by atoms with E-state index < -0.39 is 0 Å². The van der Waals surface area contributed by atoms with Crippen molar-refractivity contribution in [1.29, 1.82) is 0 Å². The topological polar surface area (TPSA) is 33.1 Å². The molecule has 4 heteroatoms. The Morgan fingerprint density at radius 1 is 1.40 bits per heavy atom. The number of hydrogen-bond donors (Lipinski definition) is 1. The van der Waals surface area contributed by atoms with Gasteiger partial charge in [-0.15, -0.1) is 0 Å². The summed E-state index contributed by atoms with van der Waals surface area (Å²) in [7, 11) is 0. The van der Waals surface area contributed by atoms with E-state index in [4.69, 9.17) is 0 Å². The van der Waals surface area contributed by atoms with E-state index >= 15 is 0 Å². The summed E-state index contributed by atoms with van der Waals surface area (Å²) in [6, 6.07) is 2.13. The average Bonchev–Trinajstić information content (AvgIpc) is 2.53. The van der Waals surface area contributed by atoms with E-state index in [1.807, 2.05) is 6.20 Å². The van der Waals surface area contributed by atoms with Gasteiger partial charge in [-0.25, -0.2) is 4.68 Å². The Labute approximate surface area is 91.3 Å². The summed E-state index contributed by atoms with van der Waals surface area (Å²) in [5, 5.41) is 7.79. The second-order valence-corrected chi connectivity index (χ2v) is 4.00. The molecule has 15 heavy (non-hydrogen) atoms. The molecule has 1 aromatic heterocycles. The van der Waals surface area contributed by atoms with Gasteiger partial charge in [0, 0.05) is 32.2 Å². The Hall–Kier alpha value is -1.03. The number of aryl methyl sites for hydroxylation is 1. The van der Waals surface area contributed by atoms with Crippen LogP contribution in [0, 0.1) is 0 Å². The van der Waals surface area contributed by atoms with Crippen molar-refractivity contribution in [2.75, 3.05) is 31.1 Å². The zero-order valence-electron chi connectivity index (χ0n) is 9.45. The van der Waals surface area contributed by atoms with Gasteiger partial charge in [0.15, 0.2) is 0 Å². The molecular formula is C11H20N4. The lowest BCUT2D eigenvalue weighted by Gasteiger charge is -2.22. The molecule has 0 saturated carbocycles. The molecule has 0 unspecified atom stereocenters. The van der Waals surface area contributed by atoms with Crippen LogP contribution >= 0.6 is 0 Å². The molecule has 1 saturated heterocycles. The summed E-state index contributed by atoms with van der Waals surface area (Å²) >= 11 is 0. The summed E-state index contributed by atoms with van der Waals surface area (Å²) in [4.78, 5) is 2.43. The largest absolute Gasteiger partial charge is 0.356 e. The molecule has 84 valence electrons. The molecule has 4 nitrogen and oxygen atoms in total. The van der Waals surface area contributed by atoms with Gasteiger partial charge in [-0.1, -0.05) is 6.92 Å². The summed E-state index contributed by atoms with van der Waals surface area (Å²) in [6.07, 6.45) is 4.27. The highest BCUT2D eigenvalue weighted by Crippen LogP contribution is 2.14.